The van der Waals surface area contributed by atoms with E-state index >= 15 is 0 Å². The molecule has 0 saturated heterocycles. The number of carbonyl (C=O) groups excluding carboxylic acids is 3. The van der Waals surface area contributed by atoms with Crippen molar-refractivity contribution in [3.8, 4) is 0 Å². The van der Waals surface area contributed by atoms with Gasteiger partial charge in [0.05, 0.1) is 11.1 Å². The normalized spacial score (nSPS) is 22.7. The van der Waals surface area contributed by atoms with E-state index in [1.54, 1.807) is 48.5 Å². The third-order valence-electron chi connectivity index (χ3n) is 4.66. The lowest BCUT2D eigenvalue weighted by Gasteiger charge is -2.36. The van der Waals surface area contributed by atoms with E-state index in [0.29, 0.717) is 5.56 Å². The summed E-state index contributed by atoms with van der Waals surface area (Å²) in [6, 6.07) is 16.3. The molecule has 2 N–H and O–H groups in total. The fraction of sp³-hybridized carbons (Fsp3) is 0.261. The molecule has 0 aromatic heterocycles. The van der Waals surface area contributed by atoms with E-state index in [9.17, 15) is 24.6 Å². The Morgan fingerprint density at radius 1 is 0.839 bits per heavy atom. The molecule has 2 aromatic carbocycles. The Bertz CT molecular complexity index is 954. The van der Waals surface area contributed by atoms with Crippen molar-refractivity contribution in [2.75, 3.05) is 6.61 Å². The van der Waals surface area contributed by atoms with E-state index in [4.69, 9.17) is 14.2 Å². The highest BCUT2D eigenvalue weighted by molar-refractivity contribution is 5.90. The third kappa shape index (κ3) is 5.56. The van der Waals surface area contributed by atoms with Crippen molar-refractivity contribution in [2.45, 2.75) is 31.3 Å². The van der Waals surface area contributed by atoms with Crippen LogP contribution in [0.5, 0.6) is 0 Å². The molecule has 0 saturated carbocycles. The topological polar surface area (TPSA) is 119 Å². The second-order valence-corrected chi connectivity index (χ2v) is 6.93. The van der Waals surface area contributed by atoms with E-state index in [2.05, 4.69) is 0 Å². The van der Waals surface area contributed by atoms with E-state index < -0.39 is 42.3 Å². The van der Waals surface area contributed by atoms with Crippen LogP contribution in [0.15, 0.2) is 72.3 Å². The largest absolute Gasteiger partial charge is 0.457 e. The van der Waals surface area contributed by atoms with Gasteiger partial charge in [0.15, 0.2) is 12.2 Å². The van der Waals surface area contributed by atoms with Crippen LogP contribution in [0.25, 0.3) is 0 Å². The number of esters is 3. The summed E-state index contributed by atoms with van der Waals surface area (Å²) in [6.07, 6.45) is -4.39. The molecule has 0 heterocycles. The first-order valence-electron chi connectivity index (χ1n) is 9.59. The number of aliphatic hydroxyl groups is 2. The number of hydrogen-bond donors (Lipinski definition) is 2. The van der Waals surface area contributed by atoms with Crippen LogP contribution < -0.4 is 0 Å². The molecular formula is C23H22O8. The Morgan fingerprint density at radius 2 is 1.39 bits per heavy atom. The SMILES string of the molecule is CC(=O)O[C@H]1C(COC(=O)c2ccccc2)=C[C@H](O)[C@@H](O)[C@H]1OC(=O)c1ccccc1. The maximum atomic E-state index is 12.5. The first-order valence-corrected chi connectivity index (χ1v) is 9.59. The summed E-state index contributed by atoms with van der Waals surface area (Å²) in [5.74, 6) is -2.09. The van der Waals surface area contributed by atoms with Crippen LogP contribution in [0, 0.1) is 0 Å². The molecule has 0 spiro atoms. The maximum Gasteiger partial charge on any atom is 0.338 e. The molecule has 2 aromatic rings. The van der Waals surface area contributed by atoms with Crippen LogP contribution in [-0.2, 0) is 19.0 Å². The van der Waals surface area contributed by atoms with Crippen LogP contribution in [-0.4, -0.2) is 59.1 Å². The number of benzene rings is 2. The molecule has 1 aliphatic carbocycles. The van der Waals surface area contributed by atoms with E-state index in [1.807, 2.05) is 0 Å². The minimum absolute atomic E-state index is 0.183. The average molecular weight is 426 g/mol. The first kappa shape index (κ1) is 22.2. The summed E-state index contributed by atoms with van der Waals surface area (Å²) in [4.78, 5) is 36.4. The molecule has 3 rings (SSSR count). The van der Waals surface area contributed by atoms with Gasteiger partial charge in [-0.05, 0) is 30.3 Å². The van der Waals surface area contributed by atoms with E-state index in [-0.39, 0.29) is 17.7 Å². The van der Waals surface area contributed by atoms with E-state index in [1.165, 1.54) is 18.2 Å². The van der Waals surface area contributed by atoms with Gasteiger partial charge in [0.25, 0.3) is 0 Å². The molecule has 0 radical (unpaired) electrons. The molecule has 0 unspecified atom stereocenters. The third-order valence-corrected chi connectivity index (χ3v) is 4.66. The summed E-state index contributed by atoms with van der Waals surface area (Å²) in [5.41, 5.74) is 0.719. The zero-order valence-electron chi connectivity index (χ0n) is 16.7. The second kappa shape index (κ2) is 10.0. The van der Waals surface area contributed by atoms with Crippen molar-refractivity contribution in [3.63, 3.8) is 0 Å². The Balaban J connectivity index is 1.80. The summed E-state index contributed by atoms with van der Waals surface area (Å²) < 4.78 is 15.9. The van der Waals surface area contributed by atoms with Gasteiger partial charge in [0.2, 0.25) is 0 Å². The van der Waals surface area contributed by atoms with Crippen LogP contribution in [0.2, 0.25) is 0 Å². The van der Waals surface area contributed by atoms with E-state index in [0.717, 1.165) is 6.92 Å². The van der Waals surface area contributed by atoms with Gasteiger partial charge in [-0.1, -0.05) is 36.4 Å². The summed E-state index contributed by atoms with van der Waals surface area (Å²) in [7, 11) is 0. The minimum Gasteiger partial charge on any atom is -0.457 e. The molecule has 1 aliphatic rings. The molecule has 0 amide bonds. The van der Waals surface area contributed by atoms with Crippen LogP contribution >= 0.6 is 0 Å². The number of rotatable bonds is 6. The monoisotopic (exact) mass is 426 g/mol. The van der Waals surface area contributed by atoms with Crippen molar-refractivity contribution < 1.29 is 38.8 Å². The van der Waals surface area contributed by atoms with Gasteiger partial charge >= 0.3 is 17.9 Å². The van der Waals surface area contributed by atoms with Gasteiger partial charge in [0, 0.05) is 12.5 Å². The number of ether oxygens (including phenoxy) is 3. The van der Waals surface area contributed by atoms with Crippen molar-refractivity contribution in [3.05, 3.63) is 83.4 Å². The zero-order valence-corrected chi connectivity index (χ0v) is 16.7. The van der Waals surface area contributed by atoms with Gasteiger partial charge in [-0.25, -0.2) is 9.59 Å². The smallest absolute Gasteiger partial charge is 0.338 e. The summed E-state index contributed by atoms with van der Waals surface area (Å²) in [5, 5.41) is 20.7. The minimum atomic E-state index is -1.55. The van der Waals surface area contributed by atoms with Crippen molar-refractivity contribution in [1.82, 2.24) is 0 Å². The molecular weight excluding hydrogens is 404 g/mol. The van der Waals surface area contributed by atoms with Gasteiger partial charge in [-0.15, -0.1) is 0 Å². The summed E-state index contributed by atoms with van der Waals surface area (Å²) >= 11 is 0. The Hall–Kier alpha value is -3.49. The lowest BCUT2D eigenvalue weighted by atomic mass is 9.89. The number of hydrogen-bond acceptors (Lipinski definition) is 8. The second-order valence-electron chi connectivity index (χ2n) is 6.93. The van der Waals surface area contributed by atoms with Crippen LogP contribution in [0.4, 0.5) is 0 Å². The van der Waals surface area contributed by atoms with Gasteiger partial charge in [-0.2, -0.15) is 0 Å². The van der Waals surface area contributed by atoms with Gasteiger partial charge in [-0.3, -0.25) is 4.79 Å². The zero-order chi connectivity index (χ0) is 22.4. The number of carbonyl (C=O) groups is 3. The Labute approximate surface area is 178 Å². The highest BCUT2D eigenvalue weighted by atomic mass is 16.6. The molecule has 8 nitrogen and oxygen atoms in total. The predicted molar refractivity (Wildman–Crippen MR) is 108 cm³/mol. The lowest BCUT2D eigenvalue weighted by molar-refractivity contribution is -0.160. The van der Waals surface area contributed by atoms with Gasteiger partial charge < -0.3 is 24.4 Å². The average Bonchev–Trinajstić information content (AvgIpc) is 2.78. The maximum absolute atomic E-state index is 12.5. The highest BCUT2D eigenvalue weighted by Crippen LogP contribution is 2.27. The fourth-order valence-corrected chi connectivity index (χ4v) is 3.15. The van der Waals surface area contributed by atoms with Crippen LogP contribution in [0.1, 0.15) is 27.6 Å². The molecule has 162 valence electrons. The number of aliphatic hydroxyl groups excluding tert-OH is 2. The standard InChI is InChI=1S/C23H22O8/c1-14(24)30-20-17(13-29-22(27)15-8-4-2-5-9-15)12-18(25)19(26)21(20)31-23(28)16-10-6-3-7-11-16/h2-12,18-21,25-26H,13H2,1H3/t18-,19+,20-,21+/m0/s1. The van der Waals surface area contributed by atoms with Crippen LogP contribution in [0.3, 0.4) is 0 Å². The predicted octanol–water partition coefficient (Wildman–Crippen LogP) is 1.66. The molecule has 0 aliphatic heterocycles. The Kier molecular flexibility index (Phi) is 7.17. The molecule has 31 heavy (non-hydrogen) atoms. The molecule has 0 fully saturated rings. The molecule has 4 atom stereocenters. The van der Waals surface area contributed by atoms with Crippen molar-refractivity contribution in [2.24, 2.45) is 0 Å². The summed E-state index contributed by atoms with van der Waals surface area (Å²) in [6.45, 7) is 0.815. The molecule has 8 heteroatoms. The van der Waals surface area contributed by atoms with Crippen molar-refractivity contribution in [1.29, 1.82) is 0 Å². The quantitative estimate of drug-likeness (QED) is 0.407. The first-order chi connectivity index (χ1) is 14.9. The molecule has 0 bridgehead atoms. The fourth-order valence-electron chi connectivity index (χ4n) is 3.15. The van der Waals surface area contributed by atoms with Gasteiger partial charge in [0.1, 0.15) is 18.8 Å². The lowest BCUT2D eigenvalue weighted by Crippen LogP contribution is -2.52. The highest BCUT2D eigenvalue weighted by Gasteiger charge is 2.44. The van der Waals surface area contributed by atoms with Crippen molar-refractivity contribution >= 4 is 17.9 Å². The Morgan fingerprint density at radius 3 is 1.94 bits per heavy atom.